The van der Waals surface area contributed by atoms with Gasteiger partial charge in [-0.2, -0.15) is 5.10 Å². The Balaban J connectivity index is 1.50. The van der Waals surface area contributed by atoms with Gasteiger partial charge in [-0.3, -0.25) is 14.5 Å². The number of hydrogen-bond acceptors (Lipinski definition) is 7. The van der Waals surface area contributed by atoms with Gasteiger partial charge < -0.3 is 20.7 Å². The van der Waals surface area contributed by atoms with Crippen molar-refractivity contribution >= 4 is 23.8 Å². The molecule has 1 saturated heterocycles. The fourth-order valence-electron chi connectivity index (χ4n) is 3.08. The van der Waals surface area contributed by atoms with E-state index >= 15 is 0 Å². The molecule has 9 nitrogen and oxygen atoms in total. The molecule has 2 heterocycles. The van der Waals surface area contributed by atoms with Crippen LogP contribution in [0.3, 0.4) is 0 Å². The molecule has 2 aliphatic heterocycles. The van der Waals surface area contributed by atoms with Crippen molar-refractivity contribution in [2.24, 2.45) is 16.1 Å². The predicted octanol–water partition coefficient (Wildman–Crippen LogP) is -0.299. The van der Waals surface area contributed by atoms with Gasteiger partial charge in [0.1, 0.15) is 12.6 Å². The maximum Gasteiger partial charge on any atom is 0.323 e. The smallest absolute Gasteiger partial charge is 0.323 e. The van der Waals surface area contributed by atoms with Crippen molar-refractivity contribution in [3.8, 4) is 0 Å². The van der Waals surface area contributed by atoms with Crippen LogP contribution in [0.25, 0.3) is 0 Å². The minimum absolute atomic E-state index is 0.117. The number of benzene rings is 1. The van der Waals surface area contributed by atoms with E-state index in [1.165, 1.54) is 4.90 Å². The van der Waals surface area contributed by atoms with Crippen LogP contribution >= 0.6 is 0 Å². The molecule has 1 amide bonds. The monoisotopic (exact) mass is 359 g/mol. The highest BCUT2D eigenvalue weighted by Crippen LogP contribution is 2.18. The number of carboxylic acid groups (broad SMARTS) is 1. The van der Waals surface area contributed by atoms with Crippen molar-refractivity contribution in [3.05, 3.63) is 35.4 Å². The van der Waals surface area contributed by atoms with Crippen LogP contribution in [0, 0.1) is 0 Å². The van der Waals surface area contributed by atoms with E-state index in [4.69, 9.17) is 15.8 Å². The predicted molar refractivity (Wildman–Crippen MR) is 94.9 cm³/mol. The Morgan fingerprint density at radius 2 is 2.15 bits per heavy atom. The van der Waals surface area contributed by atoms with Gasteiger partial charge in [-0.15, -0.1) is 0 Å². The van der Waals surface area contributed by atoms with E-state index in [-0.39, 0.29) is 25.1 Å². The van der Waals surface area contributed by atoms with Crippen LogP contribution in [0.15, 0.2) is 34.5 Å². The van der Waals surface area contributed by atoms with E-state index in [9.17, 15) is 9.59 Å². The standard InChI is InChI=1S/C17H21N5O4/c18-19-8-12-1-3-13(4-2-12)15-7-14(26-20-15)9-21-5-6-22(11-17(24)25)16(23)10-21/h1-4,8,14H,5-7,9-11,18H2,(H,24,25). The second-order valence-corrected chi connectivity index (χ2v) is 6.31. The number of piperazine rings is 1. The molecule has 3 N–H and O–H groups in total. The van der Waals surface area contributed by atoms with E-state index in [1.54, 1.807) is 6.21 Å². The van der Waals surface area contributed by atoms with E-state index in [0.717, 1.165) is 16.8 Å². The number of carboxylic acids is 1. The number of nitrogens with two attached hydrogens (primary N) is 1. The molecule has 0 saturated carbocycles. The molecule has 26 heavy (non-hydrogen) atoms. The fourth-order valence-corrected chi connectivity index (χ4v) is 3.08. The van der Waals surface area contributed by atoms with Gasteiger partial charge in [-0.1, -0.05) is 29.4 Å². The summed E-state index contributed by atoms with van der Waals surface area (Å²) in [5, 5.41) is 16.5. The minimum atomic E-state index is -0.993. The maximum atomic E-state index is 12.0. The first-order valence-corrected chi connectivity index (χ1v) is 8.33. The van der Waals surface area contributed by atoms with Crippen molar-refractivity contribution in [1.29, 1.82) is 0 Å². The zero-order valence-electron chi connectivity index (χ0n) is 14.2. The topological polar surface area (TPSA) is 121 Å². The summed E-state index contributed by atoms with van der Waals surface area (Å²) in [5.74, 6) is 3.97. The summed E-state index contributed by atoms with van der Waals surface area (Å²) in [6.45, 7) is 1.58. The van der Waals surface area contributed by atoms with E-state index in [1.807, 2.05) is 29.2 Å². The Morgan fingerprint density at radius 3 is 2.81 bits per heavy atom. The molecule has 9 heteroatoms. The molecule has 1 atom stereocenters. The first kappa shape index (κ1) is 17.9. The highest BCUT2D eigenvalue weighted by molar-refractivity contribution is 6.01. The van der Waals surface area contributed by atoms with Crippen LogP contribution in [-0.4, -0.2) is 77.5 Å². The summed E-state index contributed by atoms with van der Waals surface area (Å²) in [6.07, 6.45) is 2.11. The van der Waals surface area contributed by atoms with E-state index in [0.29, 0.717) is 26.1 Å². The highest BCUT2D eigenvalue weighted by atomic mass is 16.6. The molecule has 3 rings (SSSR count). The largest absolute Gasteiger partial charge is 0.480 e. The molecule has 2 aliphatic rings. The van der Waals surface area contributed by atoms with Crippen LogP contribution in [0.5, 0.6) is 0 Å². The number of nitrogens with zero attached hydrogens (tertiary/aromatic N) is 4. The normalized spacial score (nSPS) is 21.1. The van der Waals surface area contributed by atoms with E-state index < -0.39 is 5.97 Å². The van der Waals surface area contributed by atoms with Crippen molar-refractivity contribution in [3.63, 3.8) is 0 Å². The second kappa shape index (κ2) is 7.96. The molecule has 0 spiro atoms. The summed E-state index contributed by atoms with van der Waals surface area (Å²) < 4.78 is 0. The number of carbonyl (C=O) groups excluding carboxylic acids is 1. The van der Waals surface area contributed by atoms with Gasteiger partial charge in [-0.25, -0.2) is 0 Å². The Bertz CT molecular complexity index is 731. The average molecular weight is 359 g/mol. The quantitative estimate of drug-likeness (QED) is 0.409. The van der Waals surface area contributed by atoms with Crippen LogP contribution in [0.1, 0.15) is 17.5 Å². The number of hydrazone groups is 1. The van der Waals surface area contributed by atoms with E-state index in [2.05, 4.69) is 10.3 Å². The third-order valence-electron chi connectivity index (χ3n) is 4.39. The van der Waals surface area contributed by atoms with Gasteiger partial charge in [0.05, 0.1) is 18.5 Å². The summed E-state index contributed by atoms with van der Waals surface area (Å²) in [7, 11) is 0. The molecule has 1 aromatic rings. The molecule has 0 bridgehead atoms. The molecule has 1 aromatic carbocycles. The van der Waals surface area contributed by atoms with Crippen molar-refractivity contribution in [2.75, 3.05) is 32.7 Å². The van der Waals surface area contributed by atoms with Gasteiger partial charge in [0.25, 0.3) is 0 Å². The Morgan fingerprint density at radius 1 is 1.38 bits per heavy atom. The zero-order valence-corrected chi connectivity index (χ0v) is 14.2. The van der Waals surface area contributed by atoms with Crippen LogP contribution in [0.4, 0.5) is 0 Å². The highest BCUT2D eigenvalue weighted by Gasteiger charge is 2.30. The Kier molecular flexibility index (Phi) is 5.47. The summed E-state index contributed by atoms with van der Waals surface area (Å²) in [5.41, 5.74) is 2.75. The van der Waals surface area contributed by atoms with Crippen molar-refractivity contribution in [1.82, 2.24) is 9.80 Å². The summed E-state index contributed by atoms with van der Waals surface area (Å²) in [4.78, 5) is 31.6. The molecule has 0 radical (unpaired) electrons. The lowest BCUT2D eigenvalue weighted by Crippen LogP contribution is -2.53. The third-order valence-corrected chi connectivity index (χ3v) is 4.39. The molecule has 0 aromatic heterocycles. The molecular weight excluding hydrogens is 338 g/mol. The molecule has 138 valence electrons. The van der Waals surface area contributed by atoms with Crippen LogP contribution in [0.2, 0.25) is 0 Å². The Hall–Kier alpha value is -2.94. The number of hydrogen-bond donors (Lipinski definition) is 2. The van der Waals surface area contributed by atoms with Gasteiger partial charge in [0.2, 0.25) is 5.91 Å². The SMILES string of the molecule is NN=Cc1ccc(C2=NOC(CN3CCN(CC(=O)O)C(=O)C3)C2)cc1. The molecule has 1 fully saturated rings. The first-order chi connectivity index (χ1) is 12.5. The molecular formula is C17H21N5O4. The fraction of sp³-hybridized carbons (Fsp3) is 0.412. The minimum Gasteiger partial charge on any atom is -0.480 e. The van der Waals surface area contributed by atoms with Crippen LogP contribution in [-0.2, 0) is 14.4 Å². The average Bonchev–Trinajstić information content (AvgIpc) is 3.06. The lowest BCUT2D eigenvalue weighted by atomic mass is 10.0. The number of amides is 1. The van der Waals surface area contributed by atoms with Gasteiger partial charge in [0.15, 0.2) is 0 Å². The number of rotatable bonds is 6. The van der Waals surface area contributed by atoms with Crippen molar-refractivity contribution < 1.29 is 19.5 Å². The molecule has 1 unspecified atom stereocenters. The van der Waals surface area contributed by atoms with Crippen LogP contribution < -0.4 is 5.84 Å². The van der Waals surface area contributed by atoms with Gasteiger partial charge in [-0.05, 0) is 11.1 Å². The van der Waals surface area contributed by atoms with Gasteiger partial charge in [0, 0.05) is 26.1 Å². The lowest BCUT2D eigenvalue weighted by Gasteiger charge is -2.34. The molecule has 0 aliphatic carbocycles. The van der Waals surface area contributed by atoms with Crippen molar-refractivity contribution in [2.45, 2.75) is 12.5 Å². The van der Waals surface area contributed by atoms with Gasteiger partial charge >= 0.3 is 5.97 Å². The first-order valence-electron chi connectivity index (χ1n) is 8.33. The second-order valence-electron chi connectivity index (χ2n) is 6.31. The number of carbonyl (C=O) groups is 2. The summed E-state index contributed by atoms with van der Waals surface area (Å²) in [6, 6.07) is 7.69. The lowest BCUT2D eigenvalue weighted by molar-refractivity contribution is -0.147. The number of oxime groups is 1. The number of aliphatic carboxylic acids is 1. The Labute approximate surface area is 150 Å². The zero-order chi connectivity index (χ0) is 18.5. The summed E-state index contributed by atoms with van der Waals surface area (Å²) >= 11 is 0. The third kappa shape index (κ3) is 4.37. The maximum absolute atomic E-state index is 12.0.